The minimum atomic E-state index is 0.867. The van der Waals surface area contributed by atoms with Crippen LogP contribution >= 0.6 is 0 Å². The molecule has 0 saturated carbocycles. The monoisotopic (exact) mass is 613 g/mol. The number of hydrogen-bond acceptors (Lipinski definition) is 1. The molecule has 48 heavy (non-hydrogen) atoms. The highest BCUT2D eigenvalue weighted by molar-refractivity contribution is 6.21. The summed E-state index contributed by atoms with van der Waals surface area (Å²) in [6.07, 6.45) is 0. The second-order valence-corrected chi connectivity index (χ2v) is 12.6. The van der Waals surface area contributed by atoms with Gasteiger partial charge in [0.2, 0.25) is 5.71 Å². The minimum absolute atomic E-state index is 0.867. The molecule has 0 fully saturated rings. The average Bonchev–Trinajstić information content (AvgIpc) is 3.86. The van der Waals surface area contributed by atoms with E-state index < -0.39 is 0 Å². The van der Waals surface area contributed by atoms with Crippen molar-refractivity contribution >= 4 is 76.6 Å². The van der Waals surface area contributed by atoms with E-state index in [1.165, 1.54) is 49.0 Å². The Morgan fingerprint density at radius 1 is 0.312 bits per heavy atom. The van der Waals surface area contributed by atoms with Gasteiger partial charge >= 0.3 is 0 Å². The van der Waals surface area contributed by atoms with Crippen LogP contribution in [0.1, 0.15) is 0 Å². The molecule has 4 heterocycles. The van der Waals surface area contributed by atoms with Crippen molar-refractivity contribution in [2.75, 3.05) is 0 Å². The van der Waals surface area contributed by atoms with Crippen molar-refractivity contribution in [3.63, 3.8) is 0 Å². The molecule has 0 atom stereocenters. The van der Waals surface area contributed by atoms with E-state index in [-0.39, 0.29) is 0 Å². The van der Waals surface area contributed by atoms with Gasteiger partial charge in [0.15, 0.2) is 0 Å². The molecule has 4 heteroatoms. The van der Waals surface area contributed by atoms with E-state index in [1.807, 2.05) is 6.07 Å². The van der Waals surface area contributed by atoms with E-state index in [2.05, 4.69) is 171 Å². The largest absolute Gasteiger partial charge is 0.439 e. The van der Waals surface area contributed by atoms with Crippen LogP contribution in [0.25, 0.3) is 93.6 Å². The summed E-state index contributed by atoms with van der Waals surface area (Å²) in [5, 5.41) is 8.47. The summed E-state index contributed by atoms with van der Waals surface area (Å²) < 4.78 is 13.7. The molecular weight excluding hydrogens is 587 g/mol. The van der Waals surface area contributed by atoms with Crippen LogP contribution in [0.5, 0.6) is 0 Å². The summed E-state index contributed by atoms with van der Waals surface area (Å²) in [5.74, 6) is 0. The van der Waals surface area contributed by atoms with E-state index in [9.17, 15) is 0 Å². The molecule has 0 radical (unpaired) electrons. The molecule has 224 valence electrons. The summed E-state index contributed by atoms with van der Waals surface area (Å²) >= 11 is 0. The Labute approximate surface area is 274 Å². The van der Waals surface area contributed by atoms with Crippen molar-refractivity contribution in [3.05, 3.63) is 164 Å². The fourth-order valence-electron chi connectivity index (χ4n) is 8.03. The van der Waals surface area contributed by atoms with Crippen molar-refractivity contribution < 1.29 is 4.42 Å². The molecule has 0 amide bonds. The minimum Gasteiger partial charge on any atom is -0.439 e. The zero-order valence-electron chi connectivity index (χ0n) is 25.8. The quantitative estimate of drug-likeness (QED) is 0.195. The Morgan fingerprint density at radius 2 is 0.812 bits per heavy atom. The maximum atomic E-state index is 6.58. The lowest BCUT2D eigenvalue weighted by atomic mass is 10.1. The highest BCUT2D eigenvalue weighted by Crippen LogP contribution is 2.41. The SMILES string of the molecule is c1ccc(-n2c3ccccc3c3cc4c5ccccc5n(-c5cccc(-n6c7ccccc7c7c8ccccc8oc76)c5)c4cc32)cc1. The molecule has 4 nitrogen and oxygen atoms in total. The number of furan rings is 1. The molecule has 0 spiro atoms. The Hall–Kier alpha value is -6.52. The van der Waals surface area contributed by atoms with Crippen LogP contribution in [0.15, 0.2) is 168 Å². The Kier molecular flexibility index (Phi) is 5.08. The van der Waals surface area contributed by atoms with E-state index in [0.717, 1.165) is 44.6 Å². The van der Waals surface area contributed by atoms with Gasteiger partial charge < -0.3 is 13.6 Å². The smallest absolute Gasteiger partial charge is 0.213 e. The van der Waals surface area contributed by atoms with Crippen LogP contribution < -0.4 is 0 Å². The molecule has 0 aliphatic rings. The molecule has 11 rings (SSSR count). The fourth-order valence-corrected chi connectivity index (χ4v) is 8.03. The third-order valence-electron chi connectivity index (χ3n) is 10.0. The Bertz CT molecular complexity index is 3060. The van der Waals surface area contributed by atoms with Crippen molar-refractivity contribution in [1.82, 2.24) is 13.7 Å². The number of hydrogen-bond donors (Lipinski definition) is 0. The van der Waals surface area contributed by atoms with Gasteiger partial charge in [-0.1, -0.05) is 97.1 Å². The third-order valence-corrected chi connectivity index (χ3v) is 10.0. The maximum Gasteiger partial charge on any atom is 0.213 e. The van der Waals surface area contributed by atoms with E-state index >= 15 is 0 Å². The van der Waals surface area contributed by atoms with E-state index in [0.29, 0.717) is 0 Å². The van der Waals surface area contributed by atoms with E-state index in [4.69, 9.17) is 4.42 Å². The van der Waals surface area contributed by atoms with Crippen LogP contribution in [0.3, 0.4) is 0 Å². The van der Waals surface area contributed by atoms with Gasteiger partial charge in [0, 0.05) is 43.7 Å². The van der Waals surface area contributed by atoms with Gasteiger partial charge in [0.25, 0.3) is 0 Å². The molecule has 0 aliphatic carbocycles. The second-order valence-electron chi connectivity index (χ2n) is 12.6. The van der Waals surface area contributed by atoms with Crippen molar-refractivity contribution in [2.24, 2.45) is 0 Å². The molecule has 0 saturated heterocycles. The van der Waals surface area contributed by atoms with Gasteiger partial charge in [0.1, 0.15) is 5.58 Å². The van der Waals surface area contributed by atoms with Gasteiger partial charge in [0.05, 0.1) is 38.7 Å². The first-order valence-electron chi connectivity index (χ1n) is 16.4. The number of benzene rings is 7. The van der Waals surface area contributed by atoms with Gasteiger partial charge in [-0.2, -0.15) is 0 Å². The van der Waals surface area contributed by atoms with E-state index in [1.54, 1.807) is 0 Å². The normalized spacial score (nSPS) is 12.2. The molecule has 0 unspecified atom stereocenters. The van der Waals surface area contributed by atoms with Gasteiger partial charge in [-0.3, -0.25) is 4.57 Å². The topological polar surface area (TPSA) is 27.9 Å². The van der Waals surface area contributed by atoms with Crippen molar-refractivity contribution in [3.8, 4) is 17.1 Å². The molecule has 11 aromatic rings. The maximum absolute atomic E-state index is 6.58. The van der Waals surface area contributed by atoms with Crippen LogP contribution in [-0.2, 0) is 0 Å². The number of rotatable bonds is 3. The van der Waals surface area contributed by atoms with Crippen LogP contribution in [-0.4, -0.2) is 13.7 Å². The van der Waals surface area contributed by atoms with Gasteiger partial charge in [-0.25, -0.2) is 0 Å². The summed E-state index contributed by atoms with van der Waals surface area (Å²) in [5.41, 5.74) is 11.0. The zero-order valence-corrected chi connectivity index (χ0v) is 25.8. The average molecular weight is 614 g/mol. The summed E-state index contributed by atoms with van der Waals surface area (Å²) in [4.78, 5) is 0. The van der Waals surface area contributed by atoms with Gasteiger partial charge in [-0.05, 0) is 66.7 Å². The highest BCUT2D eigenvalue weighted by atomic mass is 16.3. The van der Waals surface area contributed by atoms with Crippen LogP contribution in [0.2, 0.25) is 0 Å². The lowest BCUT2D eigenvalue weighted by Crippen LogP contribution is -1.98. The first kappa shape index (κ1) is 25.6. The van der Waals surface area contributed by atoms with Gasteiger partial charge in [-0.15, -0.1) is 0 Å². The number of aromatic nitrogens is 3. The molecule has 4 aromatic heterocycles. The standard InChI is InChI=1S/C44H27N3O/c1-2-13-28(14-3-1)45-37-21-8-4-17-31(37)35-26-36-32-18-5-9-22-38(32)46(41(36)27-40(35)45)29-15-12-16-30(25-29)47-39-23-10-6-19-33(39)43-34-20-7-11-24-42(34)48-44(43)47/h1-27H. The first-order valence-corrected chi connectivity index (χ1v) is 16.4. The first-order chi connectivity index (χ1) is 23.8. The second kappa shape index (κ2) is 9.50. The van der Waals surface area contributed by atoms with Crippen molar-refractivity contribution in [2.45, 2.75) is 0 Å². The van der Waals surface area contributed by atoms with Crippen LogP contribution in [0, 0.1) is 0 Å². The van der Waals surface area contributed by atoms with Crippen LogP contribution in [0.4, 0.5) is 0 Å². The fraction of sp³-hybridized carbons (Fsp3) is 0. The summed E-state index contributed by atoms with van der Waals surface area (Å²) in [6.45, 7) is 0. The zero-order chi connectivity index (χ0) is 31.3. The van der Waals surface area contributed by atoms with Crippen molar-refractivity contribution in [1.29, 1.82) is 0 Å². The molecule has 0 aliphatic heterocycles. The third kappa shape index (κ3) is 3.38. The lowest BCUT2D eigenvalue weighted by molar-refractivity contribution is 0.645. The number of para-hydroxylation sites is 5. The molecule has 7 aromatic carbocycles. The molecule has 0 bridgehead atoms. The predicted octanol–water partition coefficient (Wildman–Crippen LogP) is 11.7. The number of fused-ring (bicyclic) bond motifs is 11. The molecular formula is C44H27N3O. The Morgan fingerprint density at radius 3 is 1.50 bits per heavy atom. The molecule has 0 N–H and O–H groups in total. The highest BCUT2D eigenvalue weighted by Gasteiger charge is 2.21. The summed E-state index contributed by atoms with van der Waals surface area (Å²) in [7, 11) is 0. The lowest BCUT2D eigenvalue weighted by Gasteiger charge is -2.12. The Balaban J connectivity index is 1.23. The summed E-state index contributed by atoms with van der Waals surface area (Å²) in [6, 6.07) is 58.7. The number of nitrogens with zero attached hydrogens (tertiary/aromatic N) is 3. The predicted molar refractivity (Wildman–Crippen MR) is 199 cm³/mol.